The number of halogens is 2. The van der Waals surface area contributed by atoms with E-state index in [-0.39, 0.29) is 22.1 Å². The Bertz CT molecular complexity index is 1160. The van der Waals surface area contributed by atoms with Crippen molar-refractivity contribution in [3.63, 3.8) is 0 Å². The fourth-order valence-corrected chi connectivity index (χ4v) is 3.38. The van der Waals surface area contributed by atoms with Gasteiger partial charge in [0.25, 0.3) is 5.69 Å². The number of nitrogens with zero attached hydrogens (tertiary/aromatic N) is 3. The molecule has 0 aliphatic carbocycles. The zero-order valence-corrected chi connectivity index (χ0v) is 16.2. The summed E-state index contributed by atoms with van der Waals surface area (Å²) in [4.78, 5) is 39.6. The Balaban J connectivity index is 1.81. The topological polar surface area (TPSA) is 93.4 Å². The van der Waals surface area contributed by atoms with Crippen LogP contribution in [0.15, 0.2) is 53.9 Å². The number of non-ortho nitro benzene ring substituents is 1. The van der Waals surface area contributed by atoms with Crippen molar-refractivity contribution in [2.75, 3.05) is 4.90 Å². The highest BCUT2D eigenvalue weighted by molar-refractivity contribution is 7.14. The fraction of sp³-hybridized carbons (Fsp3) is 0.0500. The van der Waals surface area contributed by atoms with Crippen molar-refractivity contribution < 1.29 is 23.3 Å². The van der Waals surface area contributed by atoms with Crippen LogP contribution in [0.1, 0.15) is 23.0 Å². The van der Waals surface area contributed by atoms with Crippen LogP contribution >= 0.6 is 11.3 Å². The predicted molar refractivity (Wildman–Crippen MR) is 108 cm³/mol. The number of aromatic nitrogens is 1. The maximum Gasteiger partial charge on any atom is 0.269 e. The SMILES string of the molecule is CC(=O)N(c1nc(/C=C/C(=O)c2ccc([N+](=O)[O-])cc2)cs1)c1ccc(F)cc1F. The standard InChI is InChI=1S/C20H13F2N3O4S/c1-12(26)24(18-8-4-14(21)10-17(18)22)20-23-15(11-30-20)5-9-19(27)13-2-6-16(7-3-13)25(28)29/h2-11H,1H3/b9-5+. The summed E-state index contributed by atoms with van der Waals surface area (Å²) in [5.74, 6) is -2.60. The van der Waals surface area contributed by atoms with Crippen LogP contribution in [0.25, 0.3) is 6.08 Å². The Morgan fingerprint density at radius 2 is 1.87 bits per heavy atom. The van der Waals surface area contributed by atoms with Crippen molar-refractivity contribution in [2.45, 2.75) is 6.92 Å². The summed E-state index contributed by atoms with van der Waals surface area (Å²) in [5, 5.41) is 12.4. The first-order valence-electron chi connectivity index (χ1n) is 8.44. The zero-order valence-electron chi connectivity index (χ0n) is 15.4. The average molecular weight is 429 g/mol. The van der Waals surface area contributed by atoms with Gasteiger partial charge in [-0.1, -0.05) is 0 Å². The molecule has 0 aliphatic rings. The molecule has 3 rings (SSSR count). The highest BCUT2D eigenvalue weighted by Gasteiger charge is 2.21. The monoisotopic (exact) mass is 429 g/mol. The molecule has 0 N–H and O–H groups in total. The van der Waals surface area contributed by atoms with Gasteiger partial charge in [0.15, 0.2) is 10.9 Å². The van der Waals surface area contributed by atoms with E-state index in [1.807, 2.05) is 0 Å². The summed E-state index contributed by atoms with van der Waals surface area (Å²) >= 11 is 1.04. The van der Waals surface area contributed by atoms with Crippen molar-refractivity contribution in [2.24, 2.45) is 0 Å². The van der Waals surface area contributed by atoms with E-state index in [1.54, 1.807) is 5.38 Å². The Labute approximate surface area is 173 Å². The molecule has 0 saturated carbocycles. The molecule has 0 saturated heterocycles. The van der Waals surface area contributed by atoms with Gasteiger partial charge in [0, 0.05) is 36.1 Å². The molecule has 0 radical (unpaired) electrons. The smallest absolute Gasteiger partial charge is 0.269 e. The second-order valence-corrected chi connectivity index (χ2v) is 6.84. The number of nitro groups is 1. The van der Waals surface area contributed by atoms with Crippen molar-refractivity contribution in [1.29, 1.82) is 0 Å². The zero-order chi connectivity index (χ0) is 21.8. The highest BCUT2D eigenvalue weighted by atomic mass is 32.1. The van der Waals surface area contributed by atoms with Crippen LogP contribution < -0.4 is 4.90 Å². The maximum atomic E-state index is 14.1. The first-order chi connectivity index (χ1) is 14.3. The lowest BCUT2D eigenvalue weighted by Crippen LogP contribution is -2.23. The summed E-state index contributed by atoms with van der Waals surface area (Å²) in [5.41, 5.74) is 0.331. The third-order valence-corrected chi connectivity index (χ3v) is 4.78. The number of benzene rings is 2. The third-order valence-electron chi connectivity index (χ3n) is 3.93. The Morgan fingerprint density at radius 1 is 1.17 bits per heavy atom. The Kier molecular flexibility index (Phi) is 6.07. The average Bonchev–Trinajstić information content (AvgIpc) is 3.16. The van der Waals surface area contributed by atoms with Crippen molar-refractivity contribution in [3.8, 4) is 0 Å². The summed E-state index contributed by atoms with van der Waals surface area (Å²) in [6, 6.07) is 7.97. The number of amides is 1. The van der Waals surface area contributed by atoms with E-state index in [4.69, 9.17) is 0 Å². The molecule has 0 aliphatic heterocycles. The number of allylic oxidation sites excluding steroid dienone is 1. The molecule has 30 heavy (non-hydrogen) atoms. The van der Waals surface area contributed by atoms with Gasteiger partial charge in [-0.2, -0.15) is 0 Å². The minimum atomic E-state index is -0.911. The van der Waals surface area contributed by atoms with E-state index in [1.165, 1.54) is 43.3 Å². The molecule has 3 aromatic rings. The number of rotatable bonds is 6. The number of nitro benzene ring substituents is 1. The van der Waals surface area contributed by atoms with Gasteiger partial charge in [0.1, 0.15) is 11.6 Å². The van der Waals surface area contributed by atoms with Crippen molar-refractivity contribution >= 4 is 45.6 Å². The molecule has 0 unspecified atom stereocenters. The molecule has 0 fully saturated rings. The van der Waals surface area contributed by atoms with Crippen LogP contribution in [0, 0.1) is 21.7 Å². The van der Waals surface area contributed by atoms with Gasteiger partial charge >= 0.3 is 0 Å². The van der Waals surface area contributed by atoms with E-state index < -0.39 is 28.2 Å². The van der Waals surface area contributed by atoms with E-state index in [0.29, 0.717) is 11.8 Å². The molecule has 1 amide bonds. The lowest BCUT2D eigenvalue weighted by atomic mass is 10.1. The summed E-state index contributed by atoms with van der Waals surface area (Å²) in [6.45, 7) is 1.22. The first kappa shape index (κ1) is 20.9. The van der Waals surface area contributed by atoms with Gasteiger partial charge in [-0.15, -0.1) is 11.3 Å². The van der Waals surface area contributed by atoms with Crippen LogP contribution in [0.2, 0.25) is 0 Å². The quantitative estimate of drug-likeness (QED) is 0.240. The molecular weight excluding hydrogens is 416 g/mol. The molecular formula is C20H13F2N3O4S. The molecule has 1 heterocycles. The lowest BCUT2D eigenvalue weighted by Gasteiger charge is -2.18. The highest BCUT2D eigenvalue weighted by Crippen LogP contribution is 2.31. The second kappa shape index (κ2) is 8.70. The van der Waals surface area contributed by atoms with Crippen molar-refractivity contribution in [3.05, 3.63) is 86.9 Å². The molecule has 10 heteroatoms. The number of thiazole rings is 1. The van der Waals surface area contributed by atoms with E-state index in [2.05, 4.69) is 4.98 Å². The molecule has 152 valence electrons. The fourth-order valence-electron chi connectivity index (χ4n) is 2.53. The minimum absolute atomic E-state index is 0.128. The second-order valence-electron chi connectivity index (χ2n) is 6.01. The number of anilines is 2. The maximum absolute atomic E-state index is 14.1. The number of hydrogen-bond donors (Lipinski definition) is 0. The minimum Gasteiger partial charge on any atom is -0.289 e. The van der Waals surface area contributed by atoms with Crippen LogP contribution in [0.4, 0.5) is 25.3 Å². The molecule has 0 bridgehead atoms. The van der Waals surface area contributed by atoms with Crippen LogP contribution in [0.3, 0.4) is 0 Å². The van der Waals surface area contributed by atoms with Gasteiger partial charge in [0.05, 0.1) is 16.3 Å². The summed E-state index contributed by atoms with van der Waals surface area (Å²) in [7, 11) is 0. The van der Waals surface area contributed by atoms with Gasteiger partial charge in [-0.3, -0.25) is 24.6 Å². The predicted octanol–water partition coefficient (Wildman–Crippen LogP) is 4.91. The molecule has 7 nitrogen and oxygen atoms in total. The van der Waals surface area contributed by atoms with Gasteiger partial charge in [0.2, 0.25) is 5.91 Å². The van der Waals surface area contributed by atoms with Crippen LogP contribution in [0.5, 0.6) is 0 Å². The number of carbonyl (C=O) groups is 2. The molecule has 0 atom stereocenters. The Hall–Kier alpha value is -3.79. The molecule has 0 spiro atoms. The van der Waals surface area contributed by atoms with Crippen molar-refractivity contribution in [1.82, 2.24) is 4.98 Å². The normalized spacial score (nSPS) is 10.9. The van der Waals surface area contributed by atoms with E-state index >= 15 is 0 Å². The first-order valence-corrected chi connectivity index (χ1v) is 9.32. The summed E-state index contributed by atoms with van der Waals surface area (Å²) in [6.07, 6.45) is 2.64. The lowest BCUT2D eigenvalue weighted by molar-refractivity contribution is -0.384. The van der Waals surface area contributed by atoms with E-state index in [0.717, 1.165) is 28.4 Å². The van der Waals surface area contributed by atoms with Crippen LogP contribution in [-0.2, 0) is 4.79 Å². The van der Waals surface area contributed by atoms with Crippen LogP contribution in [-0.4, -0.2) is 21.6 Å². The number of ketones is 1. The number of hydrogen-bond acceptors (Lipinski definition) is 6. The third kappa shape index (κ3) is 4.61. The van der Waals surface area contributed by atoms with Gasteiger partial charge in [-0.25, -0.2) is 13.8 Å². The van der Waals surface area contributed by atoms with Gasteiger partial charge < -0.3 is 0 Å². The van der Waals surface area contributed by atoms with E-state index in [9.17, 15) is 28.5 Å². The molecule has 2 aromatic carbocycles. The largest absolute Gasteiger partial charge is 0.289 e. The summed E-state index contributed by atoms with van der Waals surface area (Å²) < 4.78 is 27.3. The number of carbonyl (C=O) groups excluding carboxylic acids is 2. The Morgan fingerprint density at radius 3 is 2.47 bits per heavy atom. The molecule has 1 aromatic heterocycles. The van der Waals surface area contributed by atoms with Gasteiger partial charge in [-0.05, 0) is 36.4 Å².